The number of rotatable bonds is 7. The molecule has 24 heavy (non-hydrogen) atoms. The standard InChI is InChI=1S/C14H20F2N6S.HI/c1-3-17-14(19-5-4-11-9-23-10(2)21-11)20-8-12-18-6-7-22(12)13(15)16;/h6-7,9,13H,3-5,8H2,1-2H3,(H2,17,19,20);1H. The van der Waals surface area contributed by atoms with E-state index in [0.29, 0.717) is 19.0 Å². The molecular formula is C14H21F2IN6S. The van der Waals surface area contributed by atoms with Gasteiger partial charge in [-0.3, -0.25) is 4.57 Å². The third kappa shape index (κ3) is 6.30. The molecule has 2 N–H and O–H groups in total. The van der Waals surface area contributed by atoms with Gasteiger partial charge in [0, 0.05) is 37.3 Å². The van der Waals surface area contributed by atoms with E-state index < -0.39 is 6.55 Å². The number of thiazole rings is 1. The molecule has 0 saturated heterocycles. The van der Waals surface area contributed by atoms with E-state index in [9.17, 15) is 8.78 Å². The Morgan fingerprint density at radius 1 is 1.42 bits per heavy atom. The van der Waals surface area contributed by atoms with Crippen molar-refractivity contribution in [1.29, 1.82) is 0 Å². The second kappa shape index (κ2) is 10.5. The van der Waals surface area contributed by atoms with Crippen molar-refractivity contribution in [1.82, 2.24) is 25.2 Å². The third-order valence-electron chi connectivity index (χ3n) is 3.02. The lowest BCUT2D eigenvalue weighted by Gasteiger charge is -2.11. The average Bonchev–Trinajstić information content (AvgIpc) is 3.13. The van der Waals surface area contributed by atoms with Crippen LogP contribution in [-0.4, -0.2) is 33.6 Å². The van der Waals surface area contributed by atoms with Gasteiger partial charge in [-0.25, -0.2) is 15.0 Å². The Hall–Kier alpha value is -1.30. The van der Waals surface area contributed by atoms with Gasteiger partial charge in [0.1, 0.15) is 12.4 Å². The first kappa shape index (κ1) is 20.7. The van der Waals surface area contributed by atoms with Gasteiger partial charge in [-0.1, -0.05) is 0 Å². The first-order chi connectivity index (χ1) is 11.1. The Morgan fingerprint density at radius 2 is 2.21 bits per heavy atom. The molecule has 0 bridgehead atoms. The van der Waals surface area contributed by atoms with Crippen molar-refractivity contribution >= 4 is 41.3 Å². The Kier molecular flexibility index (Phi) is 9.11. The number of hydrogen-bond donors (Lipinski definition) is 2. The van der Waals surface area contributed by atoms with Crippen molar-refractivity contribution in [2.75, 3.05) is 13.1 Å². The summed E-state index contributed by atoms with van der Waals surface area (Å²) in [6.07, 6.45) is 3.38. The topological polar surface area (TPSA) is 67.1 Å². The molecule has 2 aromatic heterocycles. The maximum atomic E-state index is 12.8. The number of alkyl halides is 2. The molecule has 0 unspecified atom stereocenters. The summed E-state index contributed by atoms with van der Waals surface area (Å²) in [5.41, 5.74) is 1.03. The van der Waals surface area contributed by atoms with Gasteiger partial charge in [-0.2, -0.15) is 8.78 Å². The highest BCUT2D eigenvalue weighted by Gasteiger charge is 2.10. The lowest BCUT2D eigenvalue weighted by molar-refractivity contribution is 0.0671. The van der Waals surface area contributed by atoms with Gasteiger partial charge < -0.3 is 10.6 Å². The van der Waals surface area contributed by atoms with Crippen LogP contribution in [0.15, 0.2) is 22.8 Å². The van der Waals surface area contributed by atoms with E-state index in [0.717, 1.165) is 21.7 Å². The fourth-order valence-corrected chi connectivity index (χ4v) is 2.61. The normalized spacial score (nSPS) is 11.5. The van der Waals surface area contributed by atoms with E-state index in [2.05, 4.69) is 25.6 Å². The molecule has 0 atom stereocenters. The Labute approximate surface area is 160 Å². The van der Waals surface area contributed by atoms with Crippen LogP contribution in [0.5, 0.6) is 0 Å². The van der Waals surface area contributed by atoms with E-state index in [1.54, 1.807) is 11.3 Å². The smallest absolute Gasteiger partial charge is 0.319 e. The predicted molar refractivity (Wildman–Crippen MR) is 102 cm³/mol. The van der Waals surface area contributed by atoms with E-state index in [-0.39, 0.29) is 36.3 Å². The van der Waals surface area contributed by atoms with Crippen molar-refractivity contribution < 1.29 is 8.78 Å². The van der Waals surface area contributed by atoms with E-state index in [1.165, 1.54) is 12.4 Å². The number of aryl methyl sites for hydroxylation is 1. The molecule has 2 heterocycles. The molecule has 2 rings (SSSR count). The first-order valence-electron chi connectivity index (χ1n) is 7.33. The lowest BCUT2D eigenvalue weighted by Crippen LogP contribution is -2.38. The van der Waals surface area contributed by atoms with Crippen LogP contribution in [0, 0.1) is 6.92 Å². The molecule has 0 saturated carbocycles. The summed E-state index contributed by atoms with van der Waals surface area (Å²) in [6.45, 7) is 2.75. The molecule has 0 spiro atoms. The molecule has 0 aromatic carbocycles. The number of nitrogens with zero attached hydrogens (tertiary/aromatic N) is 4. The monoisotopic (exact) mass is 470 g/mol. The second-order valence-corrected chi connectivity index (χ2v) is 5.82. The fourth-order valence-electron chi connectivity index (χ4n) is 1.97. The Balaban J connectivity index is 0.00000288. The number of nitrogens with one attached hydrogen (secondary N) is 2. The molecule has 0 aliphatic rings. The average molecular weight is 470 g/mol. The fraction of sp³-hybridized carbons (Fsp3) is 0.500. The van der Waals surface area contributed by atoms with Crippen molar-refractivity contribution in [2.45, 2.75) is 33.4 Å². The number of imidazole rings is 1. The molecule has 0 aliphatic carbocycles. The summed E-state index contributed by atoms with van der Waals surface area (Å²) < 4.78 is 26.3. The molecule has 0 radical (unpaired) electrons. The van der Waals surface area contributed by atoms with E-state index in [4.69, 9.17) is 0 Å². The van der Waals surface area contributed by atoms with Gasteiger partial charge in [-0.15, -0.1) is 35.3 Å². The molecule has 10 heteroatoms. The summed E-state index contributed by atoms with van der Waals surface area (Å²) in [4.78, 5) is 12.6. The highest BCUT2D eigenvalue weighted by atomic mass is 127. The predicted octanol–water partition coefficient (Wildman–Crippen LogP) is 2.96. The van der Waals surface area contributed by atoms with Gasteiger partial charge >= 0.3 is 6.55 Å². The molecule has 6 nitrogen and oxygen atoms in total. The van der Waals surface area contributed by atoms with Crippen LogP contribution in [0.4, 0.5) is 8.78 Å². The number of hydrogen-bond acceptors (Lipinski definition) is 4. The minimum absolute atomic E-state index is 0. The van der Waals surface area contributed by atoms with Gasteiger partial charge in [0.2, 0.25) is 0 Å². The number of aromatic nitrogens is 3. The van der Waals surface area contributed by atoms with Crippen molar-refractivity contribution in [3.8, 4) is 0 Å². The summed E-state index contributed by atoms with van der Waals surface area (Å²) in [5.74, 6) is 0.801. The van der Waals surface area contributed by atoms with E-state index >= 15 is 0 Å². The van der Waals surface area contributed by atoms with Gasteiger partial charge in [0.05, 0.1) is 10.7 Å². The zero-order valence-corrected chi connectivity index (χ0v) is 16.6. The SMILES string of the molecule is CCNC(=NCc1nccn1C(F)F)NCCc1csc(C)n1.I. The second-order valence-electron chi connectivity index (χ2n) is 4.76. The van der Waals surface area contributed by atoms with Crippen LogP contribution in [0.1, 0.15) is 30.0 Å². The summed E-state index contributed by atoms with van der Waals surface area (Å²) >= 11 is 1.62. The van der Waals surface area contributed by atoms with E-state index in [1.807, 2.05) is 19.2 Å². The zero-order valence-electron chi connectivity index (χ0n) is 13.5. The van der Waals surface area contributed by atoms with Gasteiger partial charge in [0.15, 0.2) is 5.96 Å². The molecule has 0 aliphatic heterocycles. The van der Waals surface area contributed by atoms with Crippen molar-refractivity contribution in [3.63, 3.8) is 0 Å². The molecule has 134 valence electrons. The van der Waals surface area contributed by atoms with Gasteiger partial charge in [-0.05, 0) is 13.8 Å². The maximum absolute atomic E-state index is 12.8. The maximum Gasteiger partial charge on any atom is 0.319 e. The number of halogens is 3. The van der Waals surface area contributed by atoms with Crippen LogP contribution in [0.25, 0.3) is 0 Å². The highest BCUT2D eigenvalue weighted by Crippen LogP contribution is 2.12. The van der Waals surface area contributed by atoms with Crippen LogP contribution in [0.3, 0.4) is 0 Å². The zero-order chi connectivity index (χ0) is 16.7. The van der Waals surface area contributed by atoms with Crippen LogP contribution >= 0.6 is 35.3 Å². The minimum atomic E-state index is -2.61. The Morgan fingerprint density at radius 3 is 2.83 bits per heavy atom. The number of aliphatic imine (C=N–C) groups is 1. The molecule has 0 fully saturated rings. The summed E-state index contributed by atoms with van der Waals surface area (Å²) in [6, 6.07) is 0. The van der Waals surface area contributed by atoms with Crippen molar-refractivity contribution in [3.05, 3.63) is 34.3 Å². The third-order valence-corrected chi connectivity index (χ3v) is 3.84. The minimum Gasteiger partial charge on any atom is -0.357 e. The summed E-state index contributed by atoms with van der Waals surface area (Å²) in [7, 11) is 0. The quantitative estimate of drug-likeness (QED) is 0.371. The first-order valence-corrected chi connectivity index (χ1v) is 8.21. The number of guanidine groups is 1. The largest absolute Gasteiger partial charge is 0.357 e. The molecule has 2 aromatic rings. The lowest BCUT2D eigenvalue weighted by atomic mass is 10.3. The van der Waals surface area contributed by atoms with Crippen LogP contribution in [-0.2, 0) is 13.0 Å². The molecule has 0 amide bonds. The van der Waals surface area contributed by atoms with Gasteiger partial charge in [0.25, 0.3) is 0 Å². The summed E-state index contributed by atoms with van der Waals surface area (Å²) in [5, 5.41) is 9.32. The highest BCUT2D eigenvalue weighted by molar-refractivity contribution is 14.0. The molecular weight excluding hydrogens is 449 g/mol. The Bertz CT molecular complexity index is 643. The van der Waals surface area contributed by atoms with Crippen LogP contribution < -0.4 is 10.6 Å². The van der Waals surface area contributed by atoms with Crippen molar-refractivity contribution in [2.24, 2.45) is 4.99 Å². The van der Waals surface area contributed by atoms with Crippen LogP contribution in [0.2, 0.25) is 0 Å².